The fourth-order valence-corrected chi connectivity index (χ4v) is 2.80. The number of ether oxygens (including phenoxy) is 2. The molecule has 0 aliphatic carbocycles. The zero-order chi connectivity index (χ0) is 16.1. The van der Waals surface area contributed by atoms with Crippen LogP contribution in [-0.4, -0.2) is 25.7 Å². The quantitative estimate of drug-likeness (QED) is 0.656. The predicted octanol–water partition coefficient (Wildman–Crippen LogP) is 3.52. The molecule has 2 N–H and O–H groups in total. The average Bonchev–Trinajstić information content (AvgIpc) is 3.08. The Labute approximate surface area is 136 Å². The van der Waals surface area contributed by atoms with Crippen molar-refractivity contribution >= 4 is 10.9 Å². The normalized spacial score (nSPS) is 10.9. The Hall–Kier alpha value is -2.46. The van der Waals surface area contributed by atoms with Crippen molar-refractivity contribution in [2.45, 2.75) is 13.0 Å². The Bertz CT molecular complexity index is 780. The first-order chi connectivity index (χ1) is 11.3. The maximum atomic E-state index is 5.34. The van der Waals surface area contributed by atoms with Gasteiger partial charge in [0.25, 0.3) is 0 Å². The van der Waals surface area contributed by atoms with Crippen molar-refractivity contribution in [2.24, 2.45) is 0 Å². The van der Waals surface area contributed by atoms with E-state index in [0.29, 0.717) is 0 Å². The van der Waals surface area contributed by atoms with Crippen molar-refractivity contribution in [2.75, 3.05) is 20.8 Å². The molecule has 0 amide bonds. The summed E-state index contributed by atoms with van der Waals surface area (Å²) in [6.07, 6.45) is 2.93. The van der Waals surface area contributed by atoms with E-state index in [1.165, 1.54) is 22.0 Å². The summed E-state index contributed by atoms with van der Waals surface area (Å²) in [6, 6.07) is 14.5. The summed E-state index contributed by atoms with van der Waals surface area (Å²) < 4.78 is 10.6. The Morgan fingerprint density at radius 3 is 2.70 bits per heavy atom. The van der Waals surface area contributed by atoms with Gasteiger partial charge in [-0.25, -0.2) is 0 Å². The molecule has 1 aromatic heterocycles. The molecule has 0 bridgehead atoms. The van der Waals surface area contributed by atoms with Crippen LogP contribution in [0.5, 0.6) is 11.5 Å². The topological polar surface area (TPSA) is 46.3 Å². The summed E-state index contributed by atoms with van der Waals surface area (Å²) in [7, 11) is 3.32. The van der Waals surface area contributed by atoms with Gasteiger partial charge in [0.15, 0.2) is 11.5 Å². The SMILES string of the molecule is COc1ccc(CCNCc2cccc3[nH]ccc23)cc1OC. The van der Waals surface area contributed by atoms with Crippen LogP contribution in [-0.2, 0) is 13.0 Å². The van der Waals surface area contributed by atoms with E-state index in [9.17, 15) is 0 Å². The number of fused-ring (bicyclic) bond motifs is 1. The molecule has 4 heteroatoms. The largest absolute Gasteiger partial charge is 0.493 e. The number of benzene rings is 2. The van der Waals surface area contributed by atoms with Crippen LogP contribution in [0.2, 0.25) is 0 Å². The van der Waals surface area contributed by atoms with Crippen LogP contribution >= 0.6 is 0 Å². The van der Waals surface area contributed by atoms with Crippen LogP contribution in [0.15, 0.2) is 48.7 Å². The average molecular weight is 310 g/mol. The number of methoxy groups -OCH3 is 2. The van der Waals surface area contributed by atoms with Crippen LogP contribution in [0.1, 0.15) is 11.1 Å². The Morgan fingerprint density at radius 2 is 1.87 bits per heavy atom. The van der Waals surface area contributed by atoms with Gasteiger partial charge in [0, 0.05) is 23.6 Å². The Morgan fingerprint density at radius 1 is 1.00 bits per heavy atom. The van der Waals surface area contributed by atoms with Gasteiger partial charge >= 0.3 is 0 Å². The number of rotatable bonds is 7. The molecule has 1 heterocycles. The van der Waals surface area contributed by atoms with E-state index in [0.717, 1.165) is 31.0 Å². The van der Waals surface area contributed by atoms with E-state index in [-0.39, 0.29) is 0 Å². The summed E-state index contributed by atoms with van der Waals surface area (Å²) >= 11 is 0. The van der Waals surface area contributed by atoms with Crippen LogP contribution in [0, 0.1) is 0 Å². The molecule has 2 aromatic carbocycles. The molecule has 120 valence electrons. The number of nitrogens with one attached hydrogen (secondary N) is 2. The van der Waals surface area contributed by atoms with E-state index in [4.69, 9.17) is 9.47 Å². The van der Waals surface area contributed by atoms with E-state index < -0.39 is 0 Å². The lowest BCUT2D eigenvalue weighted by atomic mass is 10.1. The molecule has 0 atom stereocenters. The van der Waals surface area contributed by atoms with Crippen molar-refractivity contribution in [3.05, 3.63) is 59.8 Å². The summed E-state index contributed by atoms with van der Waals surface area (Å²) in [6.45, 7) is 1.78. The molecule has 0 fully saturated rings. The second kappa shape index (κ2) is 7.20. The fraction of sp³-hybridized carbons (Fsp3) is 0.263. The van der Waals surface area contributed by atoms with E-state index in [1.54, 1.807) is 14.2 Å². The Balaban J connectivity index is 1.56. The third kappa shape index (κ3) is 3.48. The van der Waals surface area contributed by atoms with Gasteiger partial charge in [-0.05, 0) is 48.4 Å². The van der Waals surface area contributed by atoms with Crippen molar-refractivity contribution in [1.29, 1.82) is 0 Å². The molecule has 3 rings (SSSR count). The van der Waals surface area contributed by atoms with Gasteiger partial charge < -0.3 is 19.8 Å². The second-order valence-electron chi connectivity index (χ2n) is 5.47. The molecule has 0 unspecified atom stereocenters. The number of hydrogen-bond donors (Lipinski definition) is 2. The van der Waals surface area contributed by atoms with Crippen LogP contribution in [0.25, 0.3) is 10.9 Å². The highest BCUT2D eigenvalue weighted by atomic mass is 16.5. The van der Waals surface area contributed by atoms with Crippen molar-refractivity contribution in [1.82, 2.24) is 10.3 Å². The molecular weight excluding hydrogens is 288 g/mol. The zero-order valence-corrected chi connectivity index (χ0v) is 13.6. The van der Waals surface area contributed by atoms with Gasteiger partial charge in [0.05, 0.1) is 14.2 Å². The van der Waals surface area contributed by atoms with Gasteiger partial charge in [-0.1, -0.05) is 18.2 Å². The maximum absolute atomic E-state index is 5.34. The first-order valence-corrected chi connectivity index (χ1v) is 7.78. The van der Waals surface area contributed by atoms with Gasteiger partial charge in [0.2, 0.25) is 0 Å². The number of aromatic amines is 1. The minimum Gasteiger partial charge on any atom is -0.493 e. The second-order valence-corrected chi connectivity index (χ2v) is 5.47. The highest BCUT2D eigenvalue weighted by Crippen LogP contribution is 2.27. The minimum atomic E-state index is 0.767. The highest BCUT2D eigenvalue weighted by molar-refractivity contribution is 5.82. The molecule has 3 aromatic rings. The molecule has 0 radical (unpaired) electrons. The smallest absolute Gasteiger partial charge is 0.160 e. The van der Waals surface area contributed by atoms with Crippen molar-refractivity contribution in [3.63, 3.8) is 0 Å². The number of hydrogen-bond acceptors (Lipinski definition) is 3. The first kappa shape index (κ1) is 15.4. The van der Waals surface area contributed by atoms with Crippen molar-refractivity contribution in [3.8, 4) is 11.5 Å². The molecule has 0 saturated heterocycles. The maximum Gasteiger partial charge on any atom is 0.160 e. The monoisotopic (exact) mass is 310 g/mol. The molecule has 23 heavy (non-hydrogen) atoms. The number of aromatic nitrogens is 1. The molecule has 0 spiro atoms. The molecule has 0 aliphatic heterocycles. The lowest BCUT2D eigenvalue weighted by molar-refractivity contribution is 0.354. The van der Waals surface area contributed by atoms with Crippen molar-refractivity contribution < 1.29 is 9.47 Å². The van der Waals surface area contributed by atoms with Gasteiger partial charge in [0.1, 0.15) is 0 Å². The summed E-state index contributed by atoms with van der Waals surface area (Å²) in [4.78, 5) is 3.25. The van der Waals surface area contributed by atoms with Gasteiger partial charge in [-0.15, -0.1) is 0 Å². The fourth-order valence-electron chi connectivity index (χ4n) is 2.80. The lowest BCUT2D eigenvalue weighted by Gasteiger charge is -2.10. The van der Waals surface area contributed by atoms with Gasteiger partial charge in [-0.2, -0.15) is 0 Å². The summed E-state index contributed by atoms with van der Waals surface area (Å²) in [5.74, 6) is 1.55. The highest BCUT2D eigenvalue weighted by Gasteiger charge is 2.05. The van der Waals surface area contributed by atoms with E-state index >= 15 is 0 Å². The number of H-pyrrole nitrogens is 1. The minimum absolute atomic E-state index is 0.767. The summed E-state index contributed by atoms with van der Waals surface area (Å²) in [5.41, 5.74) is 3.73. The Kier molecular flexibility index (Phi) is 4.83. The van der Waals surface area contributed by atoms with E-state index in [1.807, 2.05) is 18.3 Å². The third-order valence-corrected chi connectivity index (χ3v) is 4.04. The summed E-state index contributed by atoms with van der Waals surface area (Å²) in [5, 5.41) is 4.80. The molecule has 0 aliphatic rings. The third-order valence-electron chi connectivity index (χ3n) is 4.04. The molecular formula is C19H22N2O2. The van der Waals surface area contributed by atoms with Crippen LogP contribution in [0.3, 0.4) is 0 Å². The van der Waals surface area contributed by atoms with Crippen LogP contribution in [0.4, 0.5) is 0 Å². The van der Waals surface area contributed by atoms with Crippen LogP contribution < -0.4 is 14.8 Å². The van der Waals surface area contributed by atoms with E-state index in [2.05, 4.69) is 40.6 Å². The van der Waals surface area contributed by atoms with Gasteiger partial charge in [-0.3, -0.25) is 0 Å². The molecule has 0 saturated carbocycles. The zero-order valence-electron chi connectivity index (χ0n) is 13.6. The lowest BCUT2D eigenvalue weighted by Crippen LogP contribution is -2.16. The predicted molar refractivity (Wildman–Crippen MR) is 93.3 cm³/mol. The molecule has 4 nitrogen and oxygen atoms in total. The standard InChI is InChI=1S/C19H22N2O2/c1-22-18-7-6-14(12-19(18)23-2)8-10-20-13-15-4-3-5-17-16(15)9-11-21-17/h3-7,9,11-12,20-21H,8,10,13H2,1-2H3. The first-order valence-electron chi connectivity index (χ1n) is 7.78.